The Bertz CT molecular complexity index is 2480. The molecule has 0 aliphatic heterocycles. The number of aromatic nitrogens is 3. The van der Waals surface area contributed by atoms with E-state index in [2.05, 4.69) is 78.9 Å². The summed E-state index contributed by atoms with van der Waals surface area (Å²) in [4.78, 5) is 15.1. The Kier molecular flexibility index (Phi) is 5.78. The van der Waals surface area contributed by atoms with Crippen LogP contribution in [0.15, 0.2) is 156 Å². The van der Waals surface area contributed by atoms with Crippen molar-refractivity contribution in [3.05, 3.63) is 152 Å². The molecule has 0 fully saturated rings. The highest BCUT2D eigenvalue weighted by molar-refractivity contribution is 6.23. The van der Waals surface area contributed by atoms with Crippen molar-refractivity contribution in [1.82, 2.24) is 15.0 Å². The van der Waals surface area contributed by atoms with E-state index in [4.69, 9.17) is 19.4 Å². The Labute approximate surface area is 259 Å². The standard InChI is InChI=1S/C41H25N3O/c1-3-13-27(14-4-1)39-42-40(28-15-5-2-6-16-28)44-41(43-39)34-25-31-18-11-20-32(30-23-22-26-12-7-8-17-29(26)24-30)36(31)38-37(34)33-19-9-10-21-35(33)45-38/h1-25H. The van der Waals surface area contributed by atoms with Gasteiger partial charge in [-0.15, -0.1) is 0 Å². The Balaban J connectivity index is 1.37. The Morgan fingerprint density at radius 3 is 1.76 bits per heavy atom. The molecule has 0 saturated heterocycles. The second kappa shape index (κ2) is 10.2. The predicted octanol–water partition coefficient (Wildman–Crippen LogP) is 10.7. The maximum atomic E-state index is 6.74. The van der Waals surface area contributed by atoms with Gasteiger partial charge in [0.1, 0.15) is 11.2 Å². The van der Waals surface area contributed by atoms with Crippen LogP contribution < -0.4 is 0 Å². The van der Waals surface area contributed by atoms with E-state index in [1.807, 2.05) is 72.8 Å². The van der Waals surface area contributed by atoms with Crippen LogP contribution in [-0.2, 0) is 0 Å². The Hall–Kier alpha value is -6.13. The second-order valence-corrected chi connectivity index (χ2v) is 11.2. The highest BCUT2D eigenvalue weighted by atomic mass is 16.3. The van der Waals surface area contributed by atoms with Crippen molar-refractivity contribution in [3.63, 3.8) is 0 Å². The van der Waals surface area contributed by atoms with Crippen molar-refractivity contribution in [1.29, 1.82) is 0 Å². The average Bonchev–Trinajstić information content (AvgIpc) is 3.51. The molecule has 0 unspecified atom stereocenters. The van der Waals surface area contributed by atoms with Crippen LogP contribution in [0.3, 0.4) is 0 Å². The van der Waals surface area contributed by atoms with E-state index < -0.39 is 0 Å². The molecule has 4 nitrogen and oxygen atoms in total. The molecule has 0 aliphatic rings. The number of furan rings is 1. The molecule has 0 amide bonds. The molecule has 0 atom stereocenters. The van der Waals surface area contributed by atoms with Gasteiger partial charge in [0, 0.05) is 32.8 Å². The van der Waals surface area contributed by atoms with Crippen LogP contribution in [0, 0.1) is 0 Å². The van der Waals surface area contributed by atoms with Crippen LogP contribution in [0.25, 0.3) is 88.8 Å². The topological polar surface area (TPSA) is 51.8 Å². The Morgan fingerprint density at radius 2 is 1.00 bits per heavy atom. The number of hydrogen-bond acceptors (Lipinski definition) is 4. The number of rotatable bonds is 4. The summed E-state index contributed by atoms with van der Waals surface area (Å²) in [7, 11) is 0. The number of fused-ring (bicyclic) bond motifs is 6. The highest BCUT2D eigenvalue weighted by Crippen LogP contribution is 2.44. The molecule has 0 radical (unpaired) electrons. The van der Waals surface area contributed by atoms with Crippen molar-refractivity contribution < 1.29 is 4.42 Å². The van der Waals surface area contributed by atoms with Gasteiger partial charge in [-0.3, -0.25) is 0 Å². The van der Waals surface area contributed by atoms with E-state index in [0.29, 0.717) is 17.5 Å². The third-order valence-electron chi connectivity index (χ3n) is 8.49. The zero-order valence-corrected chi connectivity index (χ0v) is 24.2. The molecule has 210 valence electrons. The quantitative estimate of drug-likeness (QED) is 0.209. The second-order valence-electron chi connectivity index (χ2n) is 11.2. The summed E-state index contributed by atoms with van der Waals surface area (Å²) in [6, 6.07) is 52.2. The molecular weight excluding hydrogens is 550 g/mol. The highest BCUT2D eigenvalue weighted by Gasteiger charge is 2.22. The average molecular weight is 576 g/mol. The fourth-order valence-electron chi connectivity index (χ4n) is 6.36. The lowest BCUT2D eigenvalue weighted by molar-refractivity contribution is 0.673. The molecule has 0 saturated carbocycles. The molecule has 2 aromatic heterocycles. The molecule has 9 aromatic rings. The van der Waals surface area contributed by atoms with Crippen molar-refractivity contribution in [2.45, 2.75) is 0 Å². The summed E-state index contributed by atoms with van der Waals surface area (Å²) in [5, 5.41) is 6.58. The molecule has 9 rings (SSSR count). The van der Waals surface area contributed by atoms with Crippen LogP contribution in [0.5, 0.6) is 0 Å². The lowest BCUT2D eigenvalue weighted by Crippen LogP contribution is -2.00. The summed E-state index contributed by atoms with van der Waals surface area (Å²) >= 11 is 0. The maximum Gasteiger partial charge on any atom is 0.164 e. The SMILES string of the molecule is c1ccc(-c2nc(-c3ccccc3)nc(-c3cc4cccc(-c5ccc6ccccc6c5)c4c4oc5ccccc5c34)n2)cc1. The number of nitrogens with zero attached hydrogens (tertiary/aromatic N) is 3. The summed E-state index contributed by atoms with van der Waals surface area (Å²) in [6.07, 6.45) is 0. The zero-order chi connectivity index (χ0) is 29.7. The van der Waals surface area contributed by atoms with Gasteiger partial charge < -0.3 is 4.42 Å². The van der Waals surface area contributed by atoms with Crippen LogP contribution in [0.4, 0.5) is 0 Å². The van der Waals surface area contributed by atoms with Crippen molar-refractivity contribution >= 4 is 43.5 Å². The first-order valence-corrected chi connectivity index (χ1v) is 15.0. The minimum absolute atomic E-state index is 0.609. The largest absolute Gasteiger partial charge is 0.455 e. The zero-order valence-electron chi connectivity index (χ0n) is 24.2. The third kappa shape index (κ3) is 4.27. The van der Waals surface area contributed by atoms with Crippen molar-refractivity contribution in [2.24, 2.45) is 0 Å². The van der Waals surface area contributed by atoms with E-state index in [0.717, 1.165) is 60.5 Å². The van der Waals surface area contributed by atoms with E-state index in [1.165, 1.54) is 10.8 Å². The molecule has 7 aromatic carbocycles. The first kappa shape index (κ1) is 25.4. The van der Waals surface area contributed by atoms with E-state index >= 15 is 0 Å². The van der Waals surface area contributed by atoms with Gasteiger partial charge in [-0.25, -0.2) is 15.0 Å². The van der Waals surface area contributed by atoms with Gasteiger partial charge in [0.05, 0.1) is 0 Å². The van der Waals surface area contributed by atoms with Crippen molar-refractivity contribution in [2.75, 3.05) is 0 Å². The van der Waals surface area contributed by atoms with Gasteiger partial charge in [0.25, 0.3) is 0 Å². The first-order valence-electron chi connectivity index (χ1n) is 15.0. The molecule has 2 heterocycles. The van der Waals surface area contributed by atoms with Gasteiger partial charge in [0.15, 0.2) is 17.5 Å². The molecule has 0 aliphatic carbocycles. The van der Waals surface area contributed by atoms with Gasteiger partial charge >= 0.3 is 0 Å². The lowest BCUT2D eigenvalue weighted by Gasteiger charge is -2.13. The summed E-state index contributed by atoms with van der Waals surface area (Å²) < 4.78 is 6.74. The predicted molar refractivity (Wildman–Crippen MR) is 184 cm³/mol. The normalized spacial score (nSPS) is 11.6. The summed E-state index contributed by atoms with van der Waals surface area (Å²) in [6.45, 7) is 0. The fourth-order valence-corrected chi connectivity index (χ4v) is 6.36. The maximum absolute atomic E-state index is 6.74. The third-order valence-corrected chi connectivity index (χ3v) is 8.49. The summed E-state index contributed by atoms with van der Waals surface area (Å²) in [5.41, 5.74) is 6.71. The summed E-state index contributed by atoms with van der Waals surface area (Å²) in [5.74, 6) is 1.87. The molecular formula is C41H25N3O. The number of benzene rings is 7. The van der Waals surface area contributed by atoms with Crippen LogP contribution in [0.2, 0.25) is 0 Å². The van der Waals surface area contributed by atoms with Gasteiger partial charge in [-0.1, -0.05) is 133 Å². The van der Waals surface area contributed by atoms with Crippen LogP contribution in [0.1, 0.15) is 0 Å². The van der Waals surface area contributed by atoms with Crippen LogP contribution in [-0.4, -0.2) is 15.0 Å². The fraction of sp³-hybridized carbons (Fsp3) is 0. The minimum Gasteiger partial charge on any atom is -0.455 e. The van der Waals surface area contributed by atoms with E-state index in [9.17, 15) is 0 Å². The minimum atomic E-state index is 0.609. The van der Waals surface area contributed by atoms with Crippen molar-refractivity contribution in [3.8, 4) is 45.3 Å². The monoisotopic (exact) mass is 575 g/mol. The number of para-hydroxylation sites is 1. The number of hydrogen-bond donors (Lipinski definition) is 0. The van der Waals surface area contributed by atoms with Gasteiger partial charge in [-0.05, 0) is 45.5 Å². The van der Waals surface area contributed by atoms with Gasteiger partial charge in [-0.2, -0.15) is 0 Å². The lowest BCUT2D eigenvalue weighted by atomic mass is 9.92. The van der Waals surface area contributed by atoms with E-state index in [-0.39, 0.29) is 0 Å². The van der Waals surface area contributed by atoms with E-state index in [1.54, 1.807) is 0 Å². The van der Waals surface area contributed by atoms with Gasteiger partial charge in [0.2, 0.25) is 0 Å². The molecule has 45 heavy (non-hydrogen) atoms. The van der Waals surface area contributed by atoms with Crippen LogP contribution >= 0.6 is 0 Å². The molecule has 0 spiro atoms. The molecule has 0 bridgehead atoms. The molecule has 0 N–H and O–H groups in total. The smallest absolute Gasteiger partial charge is 0.164 e. The Morgan fingerprint density at radius 1 is 0.378 bits per heavy atom. The first-order chi connectivity index (χ1) is 22.3. The molecule has 4 heteroatoms.